The number of ether oxygens (including phenoxy) is 1. The van der Waals surface area contributed by atoms with E-state index in [1.165, 1.54) is 13.2 Å². The van der Waals surface area contributed by atoms with E-state index in [2.05, 4.69) is 14.8 Å². The fourth-order valence-corrected chi connectivity index (χ4v) is 4.32. The van der Waals surface area contributed by atoms with Crippen LogP contribution in [0, 0.1) is 0 Å². The summed E-state index contributed by atoms with van der Waals surface area (Å²) in [5.41, 5.74) is 0.0863. The van der Waals surface area contributed by atoms with Gasteiger partial charge in [0.05, 0.1) is 12.7 Å². The van der Waals surface area contributed by atoms with Crippen molar-refractivity contribution >= 4 is 28.4 Å². The van der Waals surface area contributed by atoms with Gasteiger partial charge in [-0.2, -0.15) is 0 Å². The normalized spacial score (nSPS) is 27.2. The predicted molar refractivity (Wildman–Crippen MR) is 80.6 cm³/mol. The highest BCUT2D eigenvalue weighted by atomic mass is 35.5. The van der Waals surface area contributed by atoms with Crippen LogP contribution >= 0.6 is 12.4 Å². The topological polar surface area (TPSA) is 97.6 Å². The van der Waals surface area contributed by atoms with E-state index in [0.29, 0.717) is 12.1 Å². The van der Waals surface area contributed by atoms with Crippen molar-refractivity contribution in [3.8, 4) is 0 Å². The van der Waals surface area contributed by atoms with Crippen molar-refractivity contribution in [2.45, 2.75) is 48.9 Å². The van der Waals surface area contributed by atoms with Crippen molar-refractivity contribution in [1.82, 2.24) is 10.0 Å². The molecule has 2 fully saturated rings. The third kappa shape index (κ3) is 3.45. The smallest absolute Gasteiger partial charge is 0.341 e. The summed E-state index contributed by atoms with van der Waals surface area (Å²) in [5, 5.41) is 3.20. The summed E-state index contributed by atoms with van der Waals surface area (Å²) >= 11 is 0. The number of carbonyl (C=O) groups excluding carboxylic acids is 1. The first-order chi connectivity index (χ1) is 9.98. The number of fused-ring (bicyclic) bond motifs is 2. The average Bonchev–Trinajstić information content (AvgIpc) is 3.05. The molecular weight excluding hydrogens is 332 g/mol. The van der Waals surface area contributed by atoms with Crippen molar-refractivity contribution in [2.24, 2.45) is 0 Å². The Morgan fingerprint density at radius 1 is 1.36 bits per heavy atom. The molecular formula is C13H19ClN2O5S. The molecule has 0 radical (unpaired) electrons. The number of hydrogen-bond donors (Lipinski definition) is 2. The molecule has 2 aliphatic heterocycles. The molecule has 0 saturated carbocycles. The van der Waals surface area contributed by atoms with Crippen LogP contribution in [0.5, 0.6) is 0 Å². The molecule has 1 aromatic rings. The van der Waals surface area contributed by atoms with E-state index in [1.54, 1.807) is 0 Å². The first kappa shape index (κ1) is 17.3. The van der Waals surface area contributed by atoms with E-state index in [-0.39, 0.29) is 29.1 Å². The molecule has 3 rings (SSSR count). The highest BCUT2D eigenvalue weighted by Gasteiger charge is 2.36. The molecule has 0 aliphatic carbocycles. The summed E-state index contributed by atoms with van der Waals surface area (Å²) in [4.78, 5) is 11.3. The minimum atomic E-state index is -3.75. The van der Waals surface area contributed by atoms with E-state index in [4.69, 9.17) is 4.42 Å². The van der Waals surface area contributed by atoms with Gasteiger partial charge in [0, 0.05) is 24.2 Å². The van der Waals surface area contributed by atoms with Crippen LogP contribution < -0.4 is 10.0 Å². The zero-order valence-corrected chi connectivity index (χ0v) is 13.7. The molecule has 9 heteroatoms. The first-order valence-electron chi connectivity index (χ1n) is 6.93. The fourth-order valence-electron chi connectivity index (χ4n) is 3.11. The number of piperidine rings is 1. The zero-order valence-electron chi connectivity index (χ0n) is 12.1. The van der Waals surface area contributed by atoms with E-state index >= 15 is 0 Å². The summed E-state index contributed by atoms with van der Waals surface area (Å²) in [6.07, 6.45) is 4.83. The van der Waals surface area contributed by atoms with Crippen LogP contribution in [-0.4, -0.2) is 39.6 Å². The molecule has 2 aliphatic rings. The number of carbonyl (C=O) groups is 1. The van der Waals surface area contributed by atoms with Crippen LogP contribution in [0.15, 0.2) is 21.8 Å². The lowest BCUT2D eigenvalue weighted by Crippen LogP contribution is -2.47. The molecule has 1 aromatic heterocycles. The number of halogens is 1. The van der Waals surface area contributed by atoms with Gasteiger partial charge in [-0.05, 0) is 25.7 Å². The SMILES string of the molecule is COC(=O)c1coc(S(=O)(=O)NC2CC3CCC(C2)N3)c1.Cl. The van der Waals surface area contributed by atoms with Crippen LogP contribution in [0.2, 0.25) is 0 Å². The van der Waals surface area contributed by atoms with Crippen LogP contribution in [0.1, 0.15) is 36.0 Å². The minimum absolute atomic E-state index is 0. The molecule has 0 spiro atoms. The van der Waals surface area contributed by atoms with Gasteiger partial charge in [0.15, 0.2) is 0 Å². The molecule has 2 N–H and O–H groups in total. The maximum atomic E-state index is 12.3. The fraction of sp³-hybridized carbons (Fsp3) is 0.615. The van der Waals surface area contributed by atoms with Crippen molar-refractivity contribution < 1.29 is 22.4 Å². The Hall–Kier alpha value is -1.09. The minimum Gasteiger partial charge on any atom is -0.465 e. The number of hydrogen-bond acceptors (Lipinski definition) is 6. The van der Waals surface area contributed by atoms with Crippen molar-refractivity contribution in [1.29, 1.82) is 0 Å². The van der Waals surface area contributed by atoms with Gasteiger partial charge < -0.3 is 14.5 Å². The van der Waals surface area contributed by atoms with Gasteiger partial charge in [-0.15, -0.1) is 12.4 Å². The van der Waals surface area contributed by atoms with Crippen molar-refractivity contribution in [3.63, 3.8) is 0 Å². The van der Waals surface area contributed by atoms with Crippen LogP contribution in [0.3, 0.4) is 0 Å². The number of esters is 1. The number of methoxy groups -OCH3 is 1. The number of nitrogens with one attached hydrogen (secondary N) is 2. The standard InChI is InChI=1S/C13H18N2O5S.ClH/c1-19-13(16)8-4-12(20-7-8)21(17,18)15-11-5-9-2-3-10(6-11)14-9;/h4,7,9-11,14-15H,2-3,5-6H2,1H3;1H. The number of furan rings is 1. The molecule has 0 aromatic carbocycles. The van der Waals surface area contributed by atoms with Gasteiger partial charge in [0.2, 0.25) is 5.09 Å². The van der Waals surface area contributed by atoms with Crippen LogP contribution in [-0.2, 0) is 14.8 Å². The molecule has 2 saturated heterocycles. The lowest BCUT2D eigenvalue weighted by molar-refractivity contribution is 0.0600. The Kier molecular flexibility index (Phi) is 5.16. The maximum absolute atomic E-state index is 12.3. The van der Waals surface area contributed by atoms with Crippen molar-refractivity contribution in [3.05, 3.63) is 17.9 Å². The van der Waals surface area contributed by atoms with E-state index < -0.39 is 16.0 Å². The summed E-state index contributed by atoms with van der Waals surface area (Å²) in [6.45, 7) is 0. The lowest BCUT2D eigenvalue weighted by atomic mass is 10.0. The molecule has 124 valence electrons. The van der Waals surface area contributed by atoms with E-state index in [0.717, 1.165) is 31.9 Å². The monoisotopic (exact) mass is 350 g/mol. The highest BCUT2D eigenvalue weighted by Crippen LogP contribution is 2.28. The van der Waals surface area contributed by atoms with Gasteiger partial charge in [0.1, 0.15) is 6.26 Å². The maximum Gasteiger partial charge on any atom is 0.341 e. The van der Waals surface area contributed by atoms with Crippen molar-refractivity contribution in [2.75, 3.05) is 7.11 Å². The summed E-state index contributed by atoms with van der Waals surface area (Å²) in [7, 11) is -2.52. The van der Waals surface area contributed by atoms with Crippen LogP contribution in [0.25, 0.3) is 0 Å². The van der Waals surface area contributed by atoms with Gasteiger partial charge in [-0.1, -0.05) is 0 Å². The molecule has 2 bridgehead atoms. The molecule has 0 amide bonds. The summed E-state index contributed by atoms with van der Waals surface area (Å²) < 4.78 is 36.8. The Morgan fingerprint density at radius 2 is 2.00 bits per heavy atom. The average molecular weight is 351 g/mol. The lowest BCUT2D eigenvalue weighted by Gasteiger charge is -2.29. The van der Waals surface area contributed by atoms with Gasteiger partial charge in [0.25, 0.3) is 10.0 Å². The van der Waals surface area contributed by atoms with Gasteiger partial charge >= 0.3 is 5.97 Å². The molecule has 3 heterocycles. The first-order valence-corrected chi connectivity index (χ1v) is 8.41. The second kappa shape index (κ2) is 6.57. The Balaban J connectivity index is 0.00000176. The van der Waals surface area contributed by atoms with Crippen LogP contribution in [0.4, 0.5) is 0 Å². The van der Waals surface area contributed by atoms with Gasteiger partial charge in [-0.25, -0.2) is 17.9 Å². The second-order valence-electron chi connectivity index (χ2n) is 5.57. The van der Waals surface area contributed by atoms with E-state index in [9.17, 15) is 13.2 Å². The largest absolute Gasteiger partial charge is 0.465 e. The van der Waals surface area contributed by atoms with Gasteiger partial charge in [-0.3, -0.25) is 0 Å². The predicted octanol–water partition coefficient (Wildman–Crippen LogP) is 1.05. The second-order valence-corrected chi connectivity index (χ2v) is 7.22. The Bertz CT molecular complexity index is 633. The zero-order chi connectivity index (χ0) is 15.0. The number of rotatable bonds is 4. The molecule has 2 atom stereocenters. The molecule has 7 nitrogen and oxygen atoms in total. The molecule has 22 heavy (non-hydrogen) atoms. The number of sulfonamides is 1. The Morgan fingerprint density at radius 3 is 2.59 bits per heavy atom. The third-order valence-corrected chi connectivity index (χ3v) is 5.44. The highest BCUT2D eigenvalue weighted by molar-refractivity contribution is 7.89. The molecule has 2 unspecified atom stereocenters. The summed E-state index contributed by atoms with van der Waals surface area (Å²) in [5.74, 6) is -0.625. The Labute approximate surface area is 135 Å². The van der Waals surface area contributed by atoms with E-state index in [1.807, 2.05) is 0 Å². The third-order valence-electron chi connectivity index (χ3n) is 4.06. The quantitative estimate of drug-likeness (QED) is 0.788. The summed E-state index contributed by atoms with van der Waals surface area (Å²) in [6, 6.07) is 1.86.